The van der Waals surface area contributed by atoms with Crippen molar-refractivity contribution in [3.63, 3.8) is 0 Å². The molecule has 0 atom stereocenters. The van der Waals surface area contributed by atoms with E-state index in [9.17, 15) is 9.59 Å². The van der Waals surface area contributed by atoms with Crippen molar-refractivity contribution in [2.45, 2.75) is 19.8 Å². The molecule has 8 nitrogen and oxygen atoms in total. The highest BCUT2D eigenvalue weighted by molar-refractivity contribution is 6.04. The Balaban J connectivity index is 1.87. The summed E-state index contributed by atoms with van der Waals surface area (Å²) in [6.07, 6.45) is 4.46. The molecule has 3 aromatic heterocycles. The summed E-state index contributed by atoms with van der Waals surface area (Å²) in [5, 5.41) is 5.36. The summed E-state index contributed by atoms with van der Waals surface area (Å²) in [4.78, 5) is 29.1. The number of esters is 2. The first-order chi connectivity index (χ1) is 15.5. The maximum atomic E-state index is 12.3. The second-order valence-electron chi connectivity index (χ2n) is 7.67. The van der Waals surface area contributed by atoms with Crippen LogP contribution in [0.4, 0.5) is 0 Å². The smallest absolute Gasteiger partial charge is 0.358 e. The molecule has 0 saturated carbocycles. The van der Waals surface area contributed by atoms with Crippen LogP contribution >= 0.6 is 0 Å². The van der Waals surface area contributed by atoms with Gasteiger partial charge >= 0.3 is 11.9 Å². The average Bonchev–Trinajstić information content (AvgIpc) is 3.23. The van der Waals surface area contributed by atoms with Crippen LogP contribution in [0.2, 0.25) is 0 Å². The van der Waals surface area contributed by atoms with Crippen molar-refractivity contribution in [1.29, 1.82) is 0 Å². The minimum Gasteiger partial charge on any atom is -0.493 e. The molecule has 32 heavy (non-hydrogen) atoms. The number of aromatic nitrogens is 3. The van der Waals surface area contributed by atoms with Crippen LogP contribution in [-0.2, 0) is 27.1 Å². The van der Waals surface area contributed by atoms with Crippen molar-refractivity contribution in [3.8, 4) is 16.9 Å². The summed E-state index contributed by atoms with van der Waals surface area (Å²) in [5.41, 5.74) is 6.05. The third-order valence-electron chi connectivity index (χ3n) is 5.87. The first kappa shape index (κ1) is 20.0. The Morgan fingerprint density at radius 3 is 2.81 bits per heavy atom. The van der Waals surface area contributed by atoms with Crippen LogP contribution in [0.1, 0.15) is 27.2 Å². The van der Waals surface area contributed by atoms with Crippen LogP contribution < -0.4 is 4.74 Å². The van der Waals surface area contributed by atoms with E-state index in [1.165, 1.54) is 19.8 Å². The molecular weight excluding hydrogens is 410 g/mol. The van der Waals surface area contributed by atoms with Crippen LogP contribution in [0.3, 0.4) is 0 Å². The molecule has 1 aliphatic heterocycles. The Labute approximate surface area is 183 Å². The molecule has 8 heteroatoms. The lowest BCUT2D eigenvalue weighted by molar-refractivity contribution is -0.139. The van der Waals surface area contributed by atoms with Crippen molar-refractivity contribution in [2.24, 2.45) is 0 Å². The first-order valence-corrected chi connectivity index (χ1v) is 10.2. The van der Waals surface area contributed by atoms with Gasteiger partial charge in [-0.2, -0.15) is 5.10 Å². The molecule has 0 saturated heterocycles. The summed E-state index contributed by atoms with van der Waals surface area (Å²) in [7, 11) is 2.68. The number of aryl methyl sites for hydroxylation is 1. The summed E-state index contributed by atoms with van der Waals surface area (Å²) in [5.74, 6) is -0.0966. The molecule has 0 fully saturated rings. The molecule has 4 aromatic rings. The van der Waals surface area contributed by atoms with Crippen LogP contribution in [0.5, 0.6) is 5.75 Å². The first-order valence-electron chi connectivity index (χ1n) is 10.2. The Morgan fingerprint density at radius 2 is 2.03 bits per heavy atom. The van der Waals surface area contributed by atoms with E-state index in [0.29, 0.717) is 12.1 Å². The van der Waals surface area contributed by atoms with Crippen molar-refractivity contribution in [1.82, 2.24) is 14.6 Å². The molecule has 162 valence electrons. The number of hydrogen-bond acceptors (Lipinski definition) is 7. The second-order valence-corrected chi connectivity index (χ2v) is 7.67. The largest absolute Gasteiger partial charge is 0.493 e. The van der Waals surface area contributed by atoms with E-state index < -0.39 is 5.97 Å². The number of fused-ring (bicyclic) bond motifs is 1. The number of pyridine rings is 2. The molecule has 5 rings (SSSR count). The molecule has 0 aliphatic carbocycles. The number of benzene rings is 1. The van der Waals surface area contributed by atoms with Gasteiger partial charge in [-0.3, -0.25) is 9.78 Å². The van der Waals surface area contributed by atoms with E-state index in [2.05, 4.69) is 10.1 Å². The number of nitrogens with zero attached hydrogens (tertiary/aromatic N) is 3. The van der Waals surface area contributed by atoms with E-state index in [0.717, 1.165) is 45.3 Å². The Kier molecular flexibility index (Phi) is 4.77. The number of ether oxygens (including phenoxy) is 3. The van der Waals surface area contributed by atoms with E-state index >= 15 is 0 Å². The topological polar surface area (TPSA) is 92.0 Å². The van der Waals surface area contributed by atoms with Crippen molar-refractivity contribution in [3.05, 3.63) is 59.0 Å². The number of methoxy groups -OCH3 is 2. The van der Waals surface area contributed by atoms with Crippen molar-refractivity contribution in [2.75, 3.05) is 20.8 Å². The summed E-state index contributed by atoms with van der Waals surface area (Å²) in [6.45, 7) is 2.53. The SMILES string of the molecule is COC(=O)Cc1c(C)cn2nc(C(=O)OC)cc2c1-c1ccc2c3c(ccnc13)CCO2. The second kappa shape index (κ2) is 7.64. The third kappa shape index (κ3) is 3.07. The van der Waals surface area contributed by atoms with Gasteiger partial charge in [0.25, 0.3) is 0 Å². The van der Waals surface area contributed by atoms with Gasteiger partial charge in [0.2, 0.25) is 0 Å². The number of carbonyl (C=O) groups is 2. The molecule has 1 aliphatic rings. The minimum absolute atomic E-state index is 0.0757. The molecule has 0 N–H and O–H groups in total. The lowest BCUT2D eigenvalue weighted by atomic mass is 9.91. The molecular formula is C24H21N3O5. The highest BCUT2D eigenvalue weighted by Gasteiger charge is 2.24. The third-order valence-corrected chi connectivity index (χ3v) is 5.87. The van der Waals surface area contributed by atoms with Gasteiger partial charge in [0.15, 0.2) is 5.69 Å². The lowest BCUT2D eigenvalue weighted by Gasteiger charge is -2.21. The average molecular weight is 431 g/mol. The normalized spacial score (nSPS) is 12.6. The lowest BCUT2D eigenvalue weighted by Crippen LogP contribution is -2.11. The fourth-order valence-electron chi connectivity index (χ4n) is 4.35. The number of rotatable bonds is 4. The Morgan fingerprint density at radius 1 is 1.19 bits per heavy atom. The van der Waals surface area contributed by atoms with Crippen LogP contribution in [0, 0.1) is 6.92 Å². The van der Waals surface area contributed by atoms with Gasteiger partial charge in [-0.1, -0.05) is 0 Å². The van der Waals surface area contributed by atoms with Crippen molar-refractivity contribution >= 4 is 28.4 Å². The van der Waals surface area contributed by atoms with E-state index in [4.69, 9.17) is 14.2 Å². The highest BCUT2D eigenvalue weighted by Crippen LogP contribution is 2.41. The quantitative estimate of drug-likeness (QED) is 0.458. The highest BCUT2D eigenvalue weighted by atomic mass is 16.5. The maximum absolute atomic E-state index is 12.3. The monoisotopic (exact) mass is 431 g/mol. The maximum Gasteiger partial charge on any atom is 0.358 e. The number of hydrogen-bond donors (Lipinski definition) is 0. The predicted molar refractivity (Wildman–Crippen MR) is 117 cm³/mol. The molecule has 4 heterocycles. The molecule has 0 bridgehead atoms. The standard InChI is InChI=1S/C24H21N3O5/c1-13-12-27-18(11-17(26-27)24(29)31-3)22(16(13)10-20(28)30-2)15-4-5-19-21-14(7-9-32-19)6-8-25-23(15)21/h4-6,8,11-12H,7,9-10H2,1-3H3. The summed E-state index contributed by atoms with van der Waals surface area (Å²) < 4.78 is 17.3. The molecule has 0 radical (unpaired) electrons. The van der Waals surface area contributed by atoms with E-state index in [1.54, 1.807) is 23.0 Å². The Bertz CT molecular complexity index is 1400. The zero-order chi connectivity index (χ0) is 22.4. The van der Waals surface area contributed by atoms with E-state index in [1.807, 2.05) is 25.1 Å². The zero-order valence-corrected chi connectivity index (χ0v) is 18.0. The summed E-state index contributed by atoms with van der Waals surface area (Å²) >= 11 is 0. The van der Waals surface area contributed by atoms with E-state index in [-0.39, 0.29) is 18.1 Å². The van der Waals surface area contributed by atoms with Crippen LogP contribution in [0.25, 0.3) is 27.5 Å². The fourth-order valence-corrected chi connectivity index (χ4v) is 4.35. The van der Waals surface area contributed by atoms with Gasteiger partial charge in [0, 0.05) is 35.3 Å². The zero-order valence-electron chi connectivity index (χ0n) is 18.0. The Hall–Kier alpha value is -3.94. The van der Waals surface area contributed by atoms with Crippen LogP contribution in [0.15, 0.2) is 36.7 Å². The van der Waals surface area contributed by atoms with Gasteiger partial charge in [-0.15, -0.1) is 0 Å². The van der Waals surface area contributed by atoms with Gasteiger partial charge in [-0.25, -0.2) is 9.31 Å². The fraction of sp³-hybridized carbons (Fsp3) is 0.250. The predicted octanol–water partition coefficient (Wildman–Crippen LogP) is 3.29. The molecule has 0 amide bonds. The molecule has 1 aromatic carbocycles. The van der Waals surface area contributed by atoms with Gasteiger partial charge in [-0.05, 0) is 47.9 Å². The van der Waals surface area contributed by atoms with Crippen molar-refractivity contribution < 1.29 is 23.8 Å². The van der Waals surface area contributed by atoms with Gasteiger partial charge < -0.3 is 14.2 Å². The van der Waals surface area contributed by atoms with Gasteiger partial charge in [0.05, 0.1) is 38.3 Å². The van der Waals surface area contributed by atoms with Gasteiger partial charge in [0.1, 0.15) is 5.75 Å². The number of carbonyl (C=O) groups excluding carboxylic acids is 2. The summed E-state index contributed by atoms with van der Waals surface area (Å²) in [6, 6.07) is 7.56. The van der Waals surface area contributed by atoms with Crippen LogP contribution in [-0.4, -0.2) is 47.4 Å². The molecule has 0 spiro atoms. The molecule has 0 unspecified atom stereocenters. The minimum atomic E-state index is -0.532.